The van der Waals surface area contributed by atoms with Crippen LogP contribution in [0.25, 0.3) is 0 Å². The largest absolute Gasteiger partial charge is 0.480 e. The highest BCUT2D eigenvalue weighted by Crippen LogP contribution is 2.33. The van der Waals surface area contributed by atoms with Crippen LogP contribution in [0.2, 0.25) is 0 Å². The number of carbonyl (C=O) groups is 1. The van der Waals surface area contributed by atoms with Gasteiger partial charge in [-0.25, -0.2) is 0 Å². The maximum atomic E-state index is 12.5. The van der Waals surface area contributed by atoms with Gasteiger partial charge in [0.15, 0.2) is 5.92 Å². The second kappa shape index (κ2) is 5.14. The smallest absolute Gasteiger partial charge is 0.405 e. The van der Waals surface area contributed by atoms with Crippen LogP contribution in [0.4, 0.5) is 13.2 Å². The van der Waals surface area contributed by atoms with E-state index in [0.29, 0.717) is 19.3 Å². The van der Waals surface area contributed by atoms with Crippen molar-refractivity contribution >= 4 is 5.97 Å². The molecule has 1 heterocycles. The van der Waals surface area contributed by atoms with Gasteiger partial charge in [-0.2, -0.15) is 18.4 Å². The summed E-state index contributed by atoms with van der Waals surface area (Å²) in [4.78, 5) is 12.5. The fraction of sp³-hybridized carbons (Fsp3) is 0.818. The second-order valence-electron chi connectivity index (χ2n) is 4.71. The van der Waals surface area contributed by atoms with Gasteiger partial charge >= 0.3 is 12.1 Å². The minimum absolute atomic E-state index is 0.275. The van der Waals surface area contributed by atoms with Gasteiger partial charge in [0.05, 0.1) is 6.07 Å². The lowest BCUT2D eigenvalue weighted by atomic mass is 9.87. The standard InChI is InChI=1S/C11H15F3N2O2/c1-10(9(17)18)4-2-3-5-16(10)7-8(6-15)11(12,13)14/h8H,2-5,7H2,1H3,(H,17,18). The summed E-state index contributed by atoms with van der Waals surface area (Å²) >= 11 is 0. The molecule has 0 aromatic carbocycles. The normalized spacial score (nSPS) is 27.5. The minimum atomic E-state index is -4.62. The average Bonchev–Trinajstić information content (AvgIpc) is 2.26. The molecule has 0 aliphatic carbocycles. The van der Waals surface area contributed by atoms with E-state index in [-0.39, 0.29) is 6.54 Å². The van der Waals surface area contributed by atoms with E-state index in [2.05, 4.69) is 0 Å². The van der Waals surface area contributed by atoms with Crippen molar-refractivity contribution in [1.29, 1.82) is 5.26 Å². The molecule has 1 aliphatic rings. The molecule has 1 rings (SSSR count). The van der Waals surface area contributed by atoms with Crippen LogP contribution in [0.3, 0.4) is 0 Å². The summed E-state index contributed by atoms with van der Waals surface area (Å²) in [5.74, 6) is -3.28. The Bertz CT molecular complexity index is 364. The Balaban J connectivity index is 2.87. The Hall–Kier alpha value is -1.29. The molecule has 0 spiro atoms. The van der Waals surface area contributed by atoms with Gasteiger partial charge in [0.2, 0.25) is 0 Å². The molecular weight excluding hydrogens is 249 g/mol. The first-order valence-electron chi connectivity index (χ1n) is 5.66. The molecule has 2 atom stereocenters. The summed E-state index contributed by atoms with van der Waals surface area (Å²) in [7, 11) is 0. The summed E-state index contributed by atoms with van der Waals surface area (Å²) in [6, 6.07) is 1.21. The van der Waals surface area contributed by atoms with Crippen LogP contribution in [0.5, 0.6) is 0 Å². The fourth-order valence-electron chi connectivity index (χ4n) is 2.15. The van der Waals surface area contributed by atoms with Crippen LogP contribution in [0.1, 0.15) is 26.2 Å². The van der Waals surface area contributed by atoms with Crippen LogP contribution < -0.4 is 0 Å². The van der Waals surface area contributed by atoms with Gasteiger partial charge < -0.3 is 5.11 Å². The lowest BCUT2D eigenvalue weighted by Gasteiger charge is -2.42. The number of rotatable bonds is 3. The predicted octanol–water partition coefficient (Wildman–Crippen LogP) is 2.02. The lowest BCUT2D eigenvalue weighted by Crippen LogP contribution is -2.57. The van der Waals surface area contributed by atoms with Gasteiger partial charge in [-0.1, -0.05) is 0 Å². The molecular formula is C11H15F3N2O2. The molecule has 0 aromatic rings. The van der Waals surface area contributed by atoms with Gasteiger partial charge in [0.25, 0.3) is 0 Å². The van der Waals surface area contributed by atoms with Crippen LogP contribution >= 0.6 is 0 Å². The number of hydrogen-bond acceptors (Lipinski definition) is 3. The lowest BCUT2D eigenvalue weighted by molar-refractivity contribution is -0.174. The SMILES string of the molecule is CC1(C(=O)O)CCCCN1CC(C#N)C(F)(F)F. The molecule has 7 heteroatoms. The topological polar surface area (TPSA) is 64.3 Å². The van der Waals surface area contributed by atoms with E-state index in [1.807, 2.05) is 0 Å². The Labute approximate surface area is 103 Å². The van der Waals surface area contributed by atoms with E-state index < -0.39 is 30.1 Å². The van der Waals surface area contributed by atoms with Gasteiger partial charge in [-0.15, -0.1) is 0 Å². The molecule has 0 saturated carbocycles. The van der Waals surface area contributed by atoms with Crippen LogP contribution in [-0.2, 0) is 4.79 Å². The fourth-order valence-corrected chi connectivity index (χ4v) is 2.15. The number of likely N-dealkylation sites (tertiary alicyclic amines) is 1. The molecule has 0 amide bonds. The number of halogens is 3. The van der Waals surface area contributed by atoms with E-state index in [9.17, 15) is 18.0 Å². The Morgan fingerprint density at radius 3 is 2.61 bits per heavy atom. The van der Waals surface area contributed by atoms with E-state index in [1.54, 1.807) is 0 Å². The molecule has 0 radical (unpaired) electrons. The number of carboxylic acids is 1. The molecule has 0 bridgehead atoms. The van der Waals surface area contributed by atoms with Crippen molar-refractivity contribution in [2.24, 2.45) is 5.92 Å². The van der Waals surface area contributed by atoms with Gasteiger partial charge in [-0.3, -0.25) is 9.69 Å². The second-order valence-corrected chi connectivity index (χ2v) is 4.71. The van der Waals surface area contributed by atoms with Crippen molar-refractivity contribution in [3.05, 3.63) is 0 Å². The molecule has 1 fully saturated rings. The van der Waals surface area contributed by atoms with E-state index in [4.69, 9.17) is 10.4 Å². The summed E-state index contributed by atoms with van der Waals surface area (Å²) in [5, 5.41) is 17.7. The minimum Gasteiger partial charge on any atom is -0.480 e. The number of nitriles is 1. The van der Waals surface area contributed by atoms with E-state index >= 15 is 0 Å². The average molecular weight is 264 g/mol. The molecule has 18 heavy (non-hydrogen) atoms. The summed E-state index contributed by atoms with van der Waals surface area (Å²) in [6.07, 6.45) is -2.99. The zero-order valence-corrected chi connectivity index (χ0v) is 10.00. The van der Waals surface area contributed by atoms with E-state index in [1.165, 1.54) is 17.9 Å². The summed E-state index contributed by atoms with van der Waals surface area (Å²) in [6.45, 7) is 1.11. The summed E-state index contributed by atoms with van der Waals surface area (Å²) in [5.41, 5.74) is -1.31. The molecule has 2 unspecified atom stereocenters. The third-order valence-corrected chi connectivity index (χ3v) is 3.45. The zero-order chi connectivity index (χ0) is 14.0. The maximum Gasteiger partial charge on any atom is 0.405 e. The number of hydrogen-bond donors (Lipinski definition) is 1. The Kier molecular flexibility index (Phi) is 4.22. The first-order chi connectivity index (χ1) is 8.21. The van der Waals surface area contributed by atoms with Crippen LogP contribution in [-0.4, -0.2) is 40.8 Å². The molecule has 4 nitrogen and oxygen atoms in total. The number of piperidine rings is 1. The quantitative estimate of drug-likeness (QED) is 0.847. The third kappa shape index (κ3) is 2.93. The van der Waals surface area contributed by atoms with Crippen molar-refractivity contribution in [2.45, 2.75) is 37.9 Å². The number of aliphatic carboxylic acids is 1. The van der Waals surface area contributed by atoms with Crippen molar-refractivity contribution in [2.75, 3.05) is 13.1 Å². The predicted molar refractivity (Wildman–Crippen MR) is 56.6 cm³/mol. The Morgan fingerprint density at radius 1 is 1.56 bits per heavy atom. The van der Waals surface area contributed by atoms with Gasteiger partial charge in [0.1, 0.15) is 5.54 Å². The third-order valence-electron chi connectivity index (χ3n) is 3.45. The number of carboxylic acid groups (broad SMARTS) is 1. The molecule has 1 aliphatic heterocycles. The highest BCUT2D eigenvalue weighted by molar-refractivity contribution is 5.78. The molecule has 0 aromatic heterocycles. The van der Waals surface area contributed by atoms with Crippen molar-refractivity contribution in [3.8, 4) is 6.07 Å². The molecule has 102 valence electrons. The first kappa shape index (κ1) is 14.8. The van der Waals surface area contributed by atoms with Gasteiger partial charge in [-0.05, 0) is 32.7 Å². The van der Waals surface area contributed by atoms with Crippen LogP contribution in [0, 0.1) is 17.2 Å². The summed E-state index contributed by atoms with van der Waals surface area (Å²) < 4.78 is 37.6. The van der Waals surface area contributed by atoms with Crippen molar-refractivity contribution in [1.82, 2.24) is 4.90 Å². The molecule has 1 N–H and O–H groups in total. The molecule has 1 saturated heterocycles. The maximum absolute atomic E-state index is 12.5. The zero-order valence-electron chi connectivity index (χ0n) is 10.00. The number of nitrogens with zero attached hydrogens (tertiary/aromatic N) is 2. The van der Waals surface area contributed by atoms with E-state index in [0.717, 1.165) is 0 Å². The highest BCUT2D eigenvalue weighted by atomic mass is 19.4. The monoisotopic (exact) mass is 264 g/mol. The highest BCUT2D eigenvalue weighted by Gasteiger charge is 2.47. The van der Waals surface area contributed by atoms with Crippen molar-refractivity contribution in [3.63, 3.8) is 0 Å². The van der Waals surface area contributed by atoms with Crippen LogP contribution in [0.15, 0.2) is 0 Å². The van der Waals surface area contributed by atoms with Gasteiger partial charge in [0, 0.05) is 6.54 Å². The van der Waals surface area contributed by atoms with Crippen molar-refractivity contribution < 1.29 is 23.1 Å². The first-order valence-corrected chi connectivity index (χ1v) is 5.66. The number of alkyl halides is 3. The Morgan fingerprint density at radius 2 is 2.17 bits per heavy atom.